The van der Waals surface area contributed by atoms with E-state index in [1.807, 2.05) is 12.1 Å². The van der Waals surface area contributed by atoms with E-state index >= 15 is 0 Å². The molecule has 0 saturated carbocycles. The Labute approximate surface area is 90.2 Å². The summed E-state index contributed by atoms with van der Waals surface area (Å²) in [7, 11) is 0. The van der Waals surface area contributed by atoms with E-state index in [1.165, 1.54) is 9.13 Å². The first-order chi connectivity index (χ1) is 6.36. The van der Waals surface area contributed by atoms with Crippen LogP contribution in [0.25, 0.3) is 11.1 Å². The number of aromatic nitrogens is 2. The van der Waals surface area contributed by atoms with Crippen molar-refractivity contribution in [2.75, 3.05) is 0 Å². The molecule has 0 aliphatic heterocycles. The maximum atomic E-state index is 3.84. The van der Waals surface area contributed by atoms with Gasteiger partial charge in [-0.25, -0.2) is 0 Å². The molecule has 0 fully saturated rings. The maximum absolute atomic E-state index is 3.84. The number of benzene rings is 1. The third-order valence-corrected chi connectivity index (χ3v) is 2.41. The van der Waals surface area contributed by atoms with E-state index in [1.54, 1.807) is 12.4 Å². The van der Waals surface area contributed by atoms with Crippen LogP contribution in [-0.4, -0.2) is 10.2 Å². The van der Waals surface area contributed by atoms with Crippen LogP contribution in [0.3, 0.4) is 0 Å². The zero-order chi connectivity index (χ0) is 9.10. The van der Waals surface area contributed by atoms with E-state index in [-0.39, 0.29) is 0 Å². The second-order valence-electron chi connectivity index (χ2n) is 2.64. The smallest absolute Gasteiger partial charge is 0.0574 e. The van der Waals surface area contributed by atoms with Crippen LogP contribution in [0.15, 0.2) is 42.7 Å². The van der Waals surface area contributed by atoms with Crippen molar-refractivity contribution in [2.24, 2.45) is 0 Å². The highest BCUT2D eigenvalue weighted by atomic mass is 127. The molecule has 64 valence electrons. The highest BCUT2D eigenvalue weighted by Gasteiger charge is 1.96. The lowest BCUT2D eigenvalue weighted by Gasteiger charge is -1.99. The lowest BCUT2D eigenvalue weighted by molar-refractivity contribution is 1.03. The largest absolute Gasteiger partial charge is 0.159 e. The van der Waals surface area contributed by atoms with Crippen molar-refractivity contribution in [3.05, 3.63) is 46.3 Å². The fraction of sp³-hybridized carbons (Fsp3) is 0. The van der Waals surface area contributed by atoms with E-state index in [0.717, 1.165) is 5.56 Å². The van der Waals surface area contributed by atoms with Crippen molar-refractivity contribution in [3.8, 4) is 11.1 Å². The minimum atomic E-state index is 1.11. The molecule has 0 atom stereocenters. The predicted octanol–water partition coefficient (Wildman–Crippen LogP) is 2.75. The summed E-state index contributed by atoms with van der Waals surface area (Å²) >= 11 is 2.30. The lowest BCUT2D eigenvalue weighted by Crippen LogP contribution is -1.82. The summed E-state index contributed by atoms with van der Waals surface area (Å²) in [6.07, 6.45) is 3.47. The van der Waals surface area contributed by atoms with E-state index in [0.29, 0.717) is 0 Å². The van der Waals surface area contributed by atoms with Gasteiger partial charge in [0.2, 0.25) is 0 Å². The van der Waals surface area contributed by atoms with Gasteiger partial charge in [-0.15, -0.1) is 0 Å². The summed E-state index contributed by atoms with van der Waals surface area (Å²) in [6.45, 7) is 0. The molecule has 1 aromatic heterocycles. The molecule has 1 heterocycles. The number of halogens is 1. The van der Waals surface area contributed by atoms with Gasteiger partial charge in [0, 0.05) is 9.13 Å². The van der Waals surface area contributed by atoms with Gasteiger partial charge in [0.1, 0.15) is 0 Å². The van der Waals surface area contributed by atoms with Gasteiger partial charge in [-0.3, -0.25) is 0 Å². The molecule has 3 heteroatoms. The molecule has 1 aromatic carbocycles. The van der Waals surface area contributed by atoms with Crippen LogP contribution in [0.4, 0.5) is 0 Å². The van der Waals surface area contributed by atoms with Gasteiger partial charge < -0.3 is 0 Å². The Bertz CT molecular complexity index is 401. The van der Waals surface area contributed by atoms with Crippen LogP contribution >= 0.6 is 22.6 Å². The van der Waals surface area contributed by atoms with Crippen LogP contribution in [0, 0.1) is 3.57 Å². The van der Waals surface area contributed by atoms with E-state index in [2.05, 4.69) is 51.0 Å². The Balaban J connectivity index is 2.48. The monoisotopic (exact) mass is 282 g/mol. The number of nitrogens with zero attached hydrogens (tertiary/aromatic N) is 2. The number of hydrogen-bond donors (Lipinski definition) is 0. The molecule has 2 aromatic rings. The fourth-order valence-electron chi connectivity index (χ4n) is 1.13. The van der Waals surface area contributed by atoms with E-state index in [9.17, 15) is 0 Å². The molecule has 0 saturated heterocycles. The maximum Gasteiger partial charge on any atom is 0.0574 e. The molecule has 2 rings (SSSR count). The standard InChI is InChI=1S/C10H7IN2/c11-10-3-1-2-8(6-10)9-4-5-12-13-7-9/h1-7H. The van der Waals surface area contributed by atoms with Gasteiger partial charge in [-0.1, -0.05) is 12.1 Å². The first-order valence-corrected chi connectivity index (χ1v) is 4.97. The summed E-state index contributed by atoms with van der Waals surface area (Å²) in [5.74, 6) is 0. The van der Waals surface area contributed by atoms with Crippen LogP contribution in [0.1, 0.15) is 0 Å². The molecule has 2 nitrogen and oxygen atoms in total. The molecule has 0 unspecified atom stereocenters. The third kappa shape index (κ3) is 2.03. The molecule has 0 bridgehead atoms. The average Bonchev–Trinajstić information content (AvgIpc) is 2.19. The first-order valence-electron chi connectivity index (χ1n) is 3.89. The molecule has 0 aliphatic carbocycles. The van der Waals surface area contributed by atoms with Crippen molar-refractivity contribution in [1.82, 2.24) is 10.2 Å². The van der Waals surface area contributed by atoms with Gasteiger partial charge >= 0.3 is 0 Å². The fourth-order valence-corrected chi connectivity index (χ4v) is 1.67. The van der Waals surface area contributed by atoms with E-state index in [4.69, 9.17) is 0 Å². The Morgan fingerprint density at radius 1 is 1.00 bits per heavy atom. The quantitative estimate of drug-likeness (QED) is 0.752. The Morgan fingerprint density at radius 3 is 2.62 bits per heavy atom. The minimum absolute atomic E-state index is 1.11. The van der Waals surface area contributed by atoms with Crippen molar-refractivity contribution in [3.63, 3.8) is 0 Å². The van der Waals surface area contributed by atoms with Crippen molar-refractivity contribution < 1.29 is 0 Å². The van der Waals surface area contributed by atoms with Crippen LogP contribution < -0.4 is 0 Å². The van der Waals surface area contributed by atoms with Gasteiger partial charge in [0.25, 0.3) is 0 Å². The topological polar surface area (TPSA) is 25.8 Å². The molecule has 13 heavy (non-hydrogen) atoms. The third-order valence-electron chi connectivity index (χ3n) is 1.74. The Hall–Kier alpha value is -0.970. The predicted molar refractivity (Wildman–Crippen MR) is 60.2 cm³/mol. The lowest BCUT2D eigenvalue weighted by atomic mass is 10.1. The summed E-state index contributed by atoms with van der Waals surface area (Å²) in [4.78, 5) is 0. The Morgan fingerprint density at radius 2 is 1.92 bits per heavy atom. The van der Waals surface area contributed by atoms with Crippen molar-refractivity contribution in [2.45, 2.75) is 0 Å². The normalized spacial score (nSPS) is 9.92. The SMILES string of the molecule is Ic1cccc(-c2ccnnc2)c1. The van der Waals surface area contributed by atoms with Crippen molar-refractivity contribution >= 4 is 22.6 Å². The molecule has 0 spiro atoms. The molecular formula is C10H7IN2. The summed E-state index contributed by atoms with van der Waals surface area (Å²) in [6, 6.07) is 10.3. The minimum Gasteiger partial charge on any atom is -0.159 e. The zero-order valence-electron chi connectivity index (χ0n) is 6.81. The highest BCUT2D eigenvalue weighted by molar-refractivity contribution is 14.1. The second kappa shape index (κ2) is 3.83. The molecule has 0 amide bonds. The van der Waals surface area contributed by atoms with E-state index < -0.39 is 0 Å². The van der Waals surface area contributed by atoms with Gasteiger partial charge in [-0.2, -0.15) is 10.2 Å². The molecular weight excluding hydrogens is 275 g/mol. The molecule has 0 aliphatic rings. The van der Waals surface area contributed by atoms with Crippen LogP contribution in [0.5, 0.6) is 0 Å². The highest BCUT2D eigenvalue weighted by Crippen LogP contribution is 2.19. The van der Waals surface area contributed by atoms with Crippen molar-refractivity contribution in [1.29, 1.82) is 0 Å². The van der Waals surface area contributed by atoms with Crippen LogP contribution in [0.2, 0.25) is 0 Å². The first kappa shape index (κ1) is 8.62. The molecule has 0 N–H and O–H groups in total. The Kier molecular flexibility index (Phi) is 2.54. The van der Waals surface area contributed by atoms with Gasteiger partial charge in [-0.05, 0) is 46.4 Å². The van der Waals surface area contributed by atoms with Gasteiger partial charge in [0.05, 0.1) is 12.4 Å². The zero-order valence-corrected chi connectivity index (χ0v) is 8.97. The second-order valence-corrected chi connectivity index (χ2v) is 3.89. The average molecular weight is 282 g/mol. The summed E-state index contributed by atoms with van der Waals surface area (Å²) < 4.78 is 1.23. The van der Waals surface area contributed by atoms with Crippen LogP contribution in [-0.2, 0) is 0 Å². The summed E-state index contributed by atoms with van der Waals surface area (Å²) in [5.41, 5.74) is 2.29. The number of hydrogen-bond acceptors (Lipinski definition) is 2. The summed E-state index contributed by atoms with van der Waals surface area (Å²) in [5, 5.41) is 7.58. The molecule has 0 radical (unpaired) electrons. The van der Waals surface area contributed by atoms with Gasteiger partial charge in [0.15, 0.2) is 0 Å². The number of rotatable bonds is 1.